The molecule has 3 N–H and O–H groups in total. The molecular formula is C52H37N5S. The van der Waals surface area contributed by atoms with E-state index in [-0.39, 0.29) is 0 Å². The smallest absolute Gasteiger partial charge is 0.0873 e. The molecule has 0 saturated carbocycles. The van der Waals surface area contributed by atoms with E-state index in [0.717, 1.165) is 89.0 Å². The van der Waals surface area contributed by atoms with Gasteiger partial charge in [-0.25, -0.2) is 4.98 Å². The molecule has 4 aromatic heterocycles. The number of anilines is 2. The fraction of sp³-hybridized carbons (Fsp3) is 0.0192. The van der Waals surface area contributed by atoms with Gasteiger partial charge in [-0.3, -0.25) is 0 Å². The second-order valence-electron chi connectivity index (χ2n) is 14.7. The Morgan fingerprint density at radius 2 is 1.02 bits per heavy atom. The number of hydrogen-bond acceptors (Lipinski definition) is 3. The molecule has 0 unspecified atom stereocenters. The van der Waals surface area contributed by atoms with E-state index in [1.165, 1.54) is 21.2 Å². The van der Waals surface area contributed by atoms with E-state index in [2.05, 4.69) is 215 Å². The van der Waals surface area contributed by atoms with Crippen LogP contribution < -0.4 is 4.90 Å². The lowest BCUT2D eigenvalue weighted by Crippen LogP contribution is -2.14. The third kappa shape index (κ3) is 5.94. The van der Waals surface area contributed by atoms with Crippen molar-refractivity contribution in [2.45, 2.75) is 9.79 Å². The number of nitrogens with zero attached hydrogens (tertiary/aromatic N) is 2. The maximum Gasteiger partial charge on any atom is 0.0873 e. The summed E-state index contributed by atoms with van der Waals surface area (Å²) in [4.78, 5) is 21.7. The van der Waals surface area contributed by atoms with E-state index >= 15 is 0 Å². The number of para-hydroxylation sites is 1. The summed E-state index contributed by atoms with van der Waals surface area (Å²) >= 11 is 1.83. The second-order valence-corrected chi connectivity index (χ2v) is 15.8. The molecule has 58 heavy (non-hydrogen) atoms. The number of aromatic nitrogens is 4. The number of nitrogens with one attached hydrogen (secondary N) is 3. The minimum atomic E-state index is 0.883. The highest BCUT2D eigenvalue weighted by Gasteiger charge is 2.21. The highest BCUT2D eigenvalue weighted by molar-refractivity contribution is 7.99. The monoisotopic (exact) mass is 763 g/mol. The predicted molar refractivity (Wildman–Crippen MR) is 245 cm³/mol. The topological polar surface area (TPSA) is 63.5 Å². The molecule has 0 radical (unpaired) electrons. The van der Waals surface area contributed by atoms with Crippen molar-refractivity contribution in [2.24, 2.45) is 0 Å². The molecule has 0 atom stereocenters. The maximum absolute atomic E-state index is 5.34. The minimum Gasteiger partial charge on any atom is -0.354 e. The van der Waals surface area contributed by atoms with Gasteiger partial charge in [0.25, 0.3) is 0 Å². The van der Waals surface area contributed by atoms with Gasteiger partial charge in [-0.05, 0) is 89.0 Å². The van der Waals surface area contributed by atoms with Gasteiger partial charge in [-0.2, -0.15) is 0 Å². The number of aromatic amines is 3. The first-order valence-electron chi connectivity index (χ1n) is 19.5. The molecule has 8 bridgehead atoms. The lowest BCUT2D eigenvalue weighted by Gasteiger charge is -2.29. The van der Waals surface area contributed by atoms with Crippen molar-refractivity contribution in [1.29, 1.82) is 0 Å². The van der Waals surface area contributed by atoms with Crippen molar-refractivity contribution < 1.29 is 0 Å². The maximum atomic E-state index is 5.34. The zero-order chi connectivity index (χ0) is 38.6. The van der Waals surface area contributed by atoms with Crippen LogP contribution in [0.15, 0.2) is 174 Å². The first-order valence-corrected chi connectivity index (χ1v) is 20.3. The largest absolute Gasteiger partial charge is 0.354 e. The summed E-state index contributed by atoms with van der Waals surface area (Å²) in [6, 6.07) is 58.2. The molecule has 0 amide bonds. The molecule has 5 aromatic carbocycles. The van der Waals surface area contributed by atoms with Gasteiger partial charge in [0, 0.05) is 61.2 Å². The van der Waals surface area contributed by atoms with E-state index < -0.39 is 0 Å². The van der Waals surface area contributed by atoms with Crippen LogP contribution in [0, 0.1) is 0 Å². The lowest BCUT2D eigenvalue weighted by molar-refractivity contribution is 1.11. The van der Waals surface area contributed by atoms with Crippen LogP contribution in [0.2, 0.25) is 0 Å². The molecule has 6 heteroatoms. The number of fused-ring (bicyclic) bond motifs is 11. The van der Waals surface area contributed by atoms with Crippen molar-refractivity contribution >= 4 is 80.5 Å². The van der Waals surface area contributed by atoms with Crippen LogP contribution in [0.4, 0.5) is 11.4 Å². The van der Waals surface area contributed by atoms with Crippen molar-refractivity contribution in [2.75, 3.05) is 11.9 Å². The molecule has 11 rings (SSSR count). The van der Waals surface area contributed by atoms with Crippen LogP contribution in [0.1, 0.15) is 22.5 Å². The average molecular weight is 764 g/mol. The molecule has 6 heterocycles. The Balaban J connectivity index is 1.19. The molecule has 0 spiro atoms. The third-order valence-electron chi connectivity index (χ3n) is 11.2. The van der Waals surface area contributed by atoms with E-state index in [1.807, 2.05) is 11.8 Å². The van der Waals surface area contributed by atoms with Crippen molar-refractivity contribution in [3.63, 3.8) is 0 Å². The molecule has 0 saturated heterocycles. The summed E-state index contributed by atoms with van der Waals surface area (Å²) in [5, 5.41) is 0. The molecule has 9 aromatic rings. The highest BCUT2D eigenvalue weighted by atomic mass is 32.2. The summed E-state index contributed by atoms with van der Waals surface area (Å²) in [7, 11) is 2.15. The van der Waals surface area contributed by atoms with Gasteiger partial charge in [0.05, 0.1) is 33.8 Å². The molecule has 2 aliphatic rings. The zero-order valence-corrected chi connectivity index (χ0v) is 32.5. The number of rotatable bonds is 5. The number of H-pyrrole nitrogens is 3. The van der Waals surface area contributed by atoms with Crippen molar-refractivity contribution in [3.05, 3.63) is 186 Å². The fourth-order valence-electron chi connectivity index (χ4n) is 8.37. The summed E-state index contributed by atoms with van der Waals surface area (Å²) in [6.45, 7) is 0. The van der Waals surface area contributed by atoms with Gasteiger partial charge in [-0.15, -0.1) is 0 Å². The Labute approximate surface area is 340 Å². The Morgan fingerprint density at radius 1 is 0.466 bits per heavy atom. The van der Waals surface area contributed by atoms with Gasteiger partial charge >= 0.3 is 0 Å². The van der Waals surface area contributed by atoms with Crippen LogP contribution in [-0.2, 0) is 0 Å². The molecular weight excluding hydrogens is 727 g/mol. The third-order valence-corrected chi connectivity index (χ3v) is 12.3. The molecule has 0 fully saturated rings. The van der Waals surface area contributed by atoms with Gasteiger partial charge in [0.1, 0.15) is 0 Å². The molecule has 2 aliphatic heterocycles. The fourth-order valence-corrected chi connectivity index (χ4v) is 9.56. The zero-order valence-electron chi connectivity index (χ0n) is 31.7. The van der Waals surface area contributed by atoms with Gasteiger partial charge in [0.15, 0.2) is 0 Å². The number of hydrogen-bond donors (Lipinski definition) is 3. The van der Waals surface area contributed by atoms with Crippen LogP contribution in [-0.4, -0.2) is 27.0 Å². The predicted octanol–water partition coefficient (Wildman–Crippen LogP) is 14.1. The van der Waals surface area contributed by atoms with Crippen LogP contribution in [0.25, 0.3) is 90.8 Å². The standard InChI is InChI=1S/C52H37N5S/c1-57-45-19-11-12-20-47(45)58-48-31-33(22-30-46(48)57)21-23-37-32-44-38-24-25-39(53-38)49(34-13-5-2-6-14-34)40-26-27-41(54-40)50(35-15-7-3-8-16-35)42-28-29-43(55-42)51(52(37)56-44)36-17-9-4-10-18-36/h2-32,54-56H,1H3/b23-21+,44-38?,49-39?,49-40?,50-41?,50-42?,51-43?,52-51?. The second kappa shape index (κ2) is 14.0. The SMILES string of the molecule is CN1c2ccccc2Sc2cc(/C=C/c3cc4[nH]c3c(-c3ccccc3)c3ccc([nH]3)c(-c3ccccc3)c3ccc([nH]3)c(-c3ccccc3)c3nc4C=C3)ccc21. The van der Waals surface area contributed by atoms with E-state index in [1.54, 1.807) is 0 Å². The van der Waals surface area contributed by atoms with Gasteiger partial charge in [-0.1, -0.05) is 133 Å². The van der Waals surface area contributed by atoms with E-state index in [0.29, 0.717) is 0 Å². The Kier molecular flexibility index (Phi) is 8.23. The number of benzene rings is 5. The van der Waals surface area contributed by atoms with Crippen LogP contribution >= 0.6 is 11.8 Å². The highest BCUT2D eigenvalue weighted by Crippen LogP contribution is 2.47. The minimum absolute atomic E-state index is 0.883. The van der Waals surface area contributed by atoms with Crippen LogP contribution in [0.3, 0.4) is 0 Å². The summed E-state index contributed by atoms with van der Waals surface area (Å²) in [5.41, 5.74) is 19.0. The van der Waals surface area contributed by atoms with Gasteiger partial charge in [0.2, 0.25) is 0 Å². The summed E-state index contributed by atoms with van der Waals surface area (Å²) < 4.78 is 0. The van der Waals surface area contributed by atoms with Gasteiger partial charge < -0.3 is 19.9 Å². The molecule has 5 nitrogen and oxygen atoms in total. The molecule has 0 aliphatic carbocycles. The normalized spacial score (nSPS) is 12.7. The summed E-state index contributed by atoms with van der Waals surface area (Å²) in [5.74, 6) is 0. The van der Waals surface area contributed by atoms with Crippen molar-refractivity contribution in [3.8, 4) is 33.4 Å². The first kappa shape index (κ1) is 34.0. The lowest BCUT2D eigenvalue weighted by atomic mass is 10.0. The van der Waals surface area contributed by atoms with Crippen LogP contribution in [0.5, 0.6) is 0 Å². The van der Waals surface area contributed by atoms with Crippen molar-refractivity contribution in [1.82, 2.24) is 19.9 Å². The Morgan fingerprint density at radius 3 is 1.71 bits per heavy atom. The average Bonchev–Trinajstić information content (AvgIpc) is 4.11. The Hall–Kier alpha value is -7.28. The Bertz CT molecular complexity index is 3210. The van der Waals surface area contributed by atoms with E-state index in [9.17, 15) is 0 Å². The quantitative estimate of drug-likeness (QED) is 0.164. The molecule has 276 valence electrons. The van der Waals surface area contributed by atoms with E-state index in [4.69, 9.17) is 4.98 Å². The first-order chi connectivity index (χ1) is 28.6. The summed E-state index contributed by atoms with van der Waals surface area (Å²) in [6.07, 6.45) is 8.74.